The number of benzene rings is 2. The fourth-order valence-electron chi connectivity index (χ4n) is 3.16. The van der Waals surface area contributed by atoms with Crippen molar-refractivity contribution < 1.29 is 33.6 Å². The first kappa shape index (κ1) is 26.7. The minimum atomic E-state index is -5.19. The molecule has 7 nitrogen and oxygen atoms in total. The second-order valence-corrected chi connectivity index (χ2v) is 8.80. The molecule has 13 heteroatoms. The van der Waals surface area contributed by atoms with Crippen molar-refractivity contribution in [3.05, 3.63) is 62.7 Å². The number of aromatic amines is 1. The van der Waals surface area contributed by atoms with Crippen LogP contribution in [0.2, 0.25) is 10.0 Å². The summed E-state index contributed by atoms with van der Waals surface area (Å²) >= 11 is 16.1. The molecule has 0 aliphatic carbocycles. The molecule has 0 unspecified atom stereocenters. The van der Waals surface area contributed by atoms with Crippen LogP contribution in [0.1, 0.15) is 10.4 Å². The third kappa shape index (κ3) is 6.04. The normalized spacial score (nSPS) is 11.3. The Morgan fingerprint density at radius 3 is 2.46 bits per heavy atom. The molecule has 0 atom stereocenters. The van der Waals surface area contributed by atoms with E-state index in [9.17, 15) is 18.0 Å². The molecule has 4 aromatic rings. The number of carbonyl (C=O) groups is 2. The summed E-state index contributed by atoms with van der Waals surface area (Å²) in [5, 5.41) is 14.0. The van der Waals surface area contributed by atoms with Crippen molar-refractivity contribution in [1.29, 1.82) is 0 Å². The highest BCUT2D eigenvalue weighted by Gasteiger charge is 2.28. The van der Waals surface area contributed by atoms with Crippen molar-refractivity contribution in [2.75, 3.05) is 13.1 Å². The van der Waals surface area contributed by atoms with Gasteiger partial charge in [-0.2, -0.15) is 13.2 Å². The highest BCUT2D eigenvalue weighted by atomic mass is 79.9. The van der Waals surface area contributed by atoms with Gasteiger partial charge in [0, 0.05) is 32.5 Å². The van der Waals surface area contributed by atoms with Gasteiger partial charge in [-0.05, 0) is 30.3 Å². The van der Waals surface area contributed by atoms with E-state index in [1.54, 1.807) is 18.2 Å². The molecule has 5 N–H and O–H groups in total. The summed E-state index contributed by atoms with van der Waals surface area (Å²) in [4.78, 5) is 29.6. The summed E-state index contributed by atoms with van der Waals surface area (Å²) in [6, 6.07) is 11.2. The molecular weight excluding hydrogens is 576 g/mol. The Balaban J connectivity index is 0.000000429. The Kier molecular flexibility index (Phi) is 8.26. The number of aromatic nitrogens is 2. The fraction of sp³-hybridized carbons (Fsp3) is 0.136. The molecular formula is C22H16BrCl2F3N4O3. The molecule has 0 aliphatic rings. The van der Waals surface area contributed by atoms with Gasteiger partial charge in [0.05, 0.1) is 39.9 Å². The lowest BCUT2D eigenvalue weighted by Crippen LogP contribution is -2.54. The molecule has 1 amide bonds. The topological polar surface area (TPSA) is 126 Å². The van der Waals surface area contributed by atoms with Crippen molar-refractivity contribution in [1.82, 2.24) is 15.3 Å². The molecule has 4 rings (SSSR count). The van der Waals surface area contributed by atoms with Gasteiger partial charge in [0.25, 0.3) is 5.91 Å². The van der Waals surface area contributed by atoms with Gasteiger partial charge in [0.2, 0.25) is 0 Å². The lowest BCUT2D eigenvalue weighted by atomic mass is 10.0. The van der Waals surface area contributed by atoms with E-state index in [0.717, 1.165) is 20.9 Å². The molecule has 0 saturated heterocycles. The van der Waals surface area contributed by atoms with Gasteiger partial charge in [-0.1, -0.05) is 45.2 Å². The Hall–Kier alpha value is -2.86. The summed E-state index contributed by atoms with van der Waals surface area (Å²) in [6.45, 7) is 1.09. The van der Waals surface area contributed by atoms with Gasteiger partial charge in [-0.15, -0.1) is 0 Å². The molecule has 0 aliphatic heterocycles. The molecule has 2 aromatic carbocycles. The van der Waals surface area contributed by atoms with Crippen molar-refractivity contribution in [2.24, 2.45) is 0 Å². The number of carboxylic acids is 1. The van der Waals surface area contributed by atoms with Crippen LogP contribution in [0.25, 0.3) is 33.1 Å². The molecule has 0 fully saturated rings. The molecule has 2 heterocycles. The van der Waals surface area contributed by atoms with Crippen LogP contribution in [0, 0.1) is 0 Å². The summed E-state index contributed by atoms with van der Waals surface area (Å²) in [5.74, 6) is -3.20. The molecule has 0 radical (unpaired) electrons. The van der Waals surface area contributed by atoms with Gasteiger partial charge in [0.1, 0.15) is 5.97 Å². The van der Waals surface area contributed by atoms with Crippen molar-refractivity contribution in [3.8, 4) is 11.3 Å². The van der Waals surface area contributed by atoms with E-state index in [2.05, 4.69) is 32.0 Å². The Labute approximate surface area is 214 Å². The van der Waals surface area contributed by atoms with Gasteiger partial charge in [-0.3, -0.25) is 4.79 Å². The minimum absolute atomic E-state index is 0.197. The number of halogens is 6. The van der Waals surface area contributed by atoms with E-state index in [1.807, 2.05) is 24.4 Å². The van der Waals surface area contributed by atoms with Crippen LogP contribution in [-0.2, 0) is 4.79 Å². The Bertz CT molecular complexity index is 1430. The second-order valence-electron chi connectivity index (χ2n) is 7.10. The zero-order valence-electron chi connectivity index (χ0n) is 17.6. The Morgan fingerprint density at radius 2 is 1.83 bits per heavy atom. The summed E-state index contributed by atoms with van der Waals surface area (Å²) in [7, 11) is 0. The average Bonchev–Trinajstić information content (AvgIpc) is 3.22. The van der Waals surface area contributed by atoms with E-state index in [4.69, 9.17) is 38.1 Å². The summed E-state index contributed by atoms with van der Waals surface area (Å²) in [6.07, 6.45) is -3.32. The number of hydrogen-bond donors (Lipinski definition) is 3. The zero-order chi connectivity index (χ0) is 25.9. The van der Waals surface area contributed by atoms with Crippen LogP contribution >= 0.6 is 39.1 Å². The van der Waals surface area contributed by atoms with E-state index in [-0.39, 0.29) is 5.91 Å². The lowest BCUT2D eigenvalue weighted by Gasteiger charge is -2.11. The summed E-state index contributed by atoms with van der Waals surface area (Å²) in [5.41, 5.74) is 7.25. The number of rotatable bonds is 4. The third-order valence-electron chi connectivity index (χ3n) is 4.73. The highest BCUT2D eigenvalue weighted by Crippen LogP contribution is 2.36. The predicted molar refractivity (Wildman–Crippen MR) is 128 cm³/mol. The monoisotopic (exact) mass is 590 g/mol. The molecule has 0 spiro atoms. The number of carboxylic acid groups (broad SMARTS) is 1. The highest BCUT2D eigenvalue weighted by molar-refractivity contribution is 9.10. The number of quaternary nitrogens is 1. The van der Waals surface area contributed by atoms with Crippen LogP contribution in [0.5, 0.6) is 0 Å². The minimum Gasteiger partial charge on any atom is -0.542 e. The zero-order valence-corrected chi connectivity index (χ0v) is 20.7. The molecule has 2 aromatic heterocycles. The lowest BCUT2D eigenvalue weighted by molar-refractivity contribution is -0.364. The first-order chi connectivity index (χ1) is 16.4. The first-order valence-corrected chi connectivity index (χ1v) is 11.4. The van der Waals surface area contributed by atoms with Crippen molar-refractivity contribution in [3.63, 3.8) is 0 Å². The molecule has 184 valence electrons. The molecule has 35 heavy (non-hydrogen) atoms. The van der Waals surface area contributed by atoms with Gasteiger partial charge >= 0.3 is 6.18 Å². The first-order valence-electron chi connectivity index (χ1n) is 9.85. The number of aliphatic carboxylic acids is 1. The number of nitrogens with one attached hydrogen (secondary N) is 2. The average molecular weight is 592 g/mol. The van der Waals surface area contributed by atoms with Crippen molar-refractivity contribution in [2.45, 2.75) is 6.18 Å². The molecule has 0 saturated carbocycles. The maximum Gasteiger partial charge on any atom is 0.430 e. The predicted octanol–water partition coefficient (Wildman–Crippen LogP) is 3.72. The third-order valence-corrected chi connectivity index (χ3v) is 6.02. The standard InChI is InChI=1S/C20H15BrCl2N4O.C2HF3O2/c21-10-1-4-16-12(7-10)14(9-26-16)17-8-13(20(28)25-6-5-24)11-2-3-15(22)18(23)19(11)27-17;3-2(4,5)1(6)7/h1-4,7-9,26H,5-6,24H2,(H,25,28);(H,6,7). The van der Waals surface area contributed by atoms with Crippen molar-refractivity contribution >= 4 is 72.8 Å². The number of fused-ring (bicyclic) bond motifs is 2. The number of pyridine rings is 1. The van der Waals surface area contributed by atoms with Crippen LogP contribution in [-0.4, -0.2) is 41.1 Å². The number of H-pyrrole nitrogens is 1. The van der Waals surface area contributed by atoms with E-state index in [0.29, 0.717) is 45.3 Å². The quantitative estimate of drug-likeness (QED) is 0.334. The number of nitrogens with zero attached hydrogens (tertiary/aromatic N) is 1. The SMILES string of the molecule is O=C([O-])C(F)(F)F.[NH3+]CCNC(=O)c1cc(-c2c[nH]c3ccc(Br)cc23)nc2c(Cl)c(Cl)ccc12. The number of hydrogen-bond acceptors (Lipinski definition) is 4. The second kappa shape index (κ2) is 10.8. The summed E-state index contributed by atoms with van der Waals surface area (Å²) < 4.78 is 32.5. The van der Waals surface area contributed by atoms with Crippen LogP contribution < -0.4 is 16.2 Å². The number of carbonyl (C=O) groups excluding carboxylic acids is 2. The fourth-order valence-corrected chi connectivity index (χ4v) is 3.88. The van der Waals surface area contributed by atoms with E-state index >= 15 is 0 Å². The number of alkyl halides is 3. The van der Waals surface area contributed by atoms with Gasteiger partial charge in [-0.25, -0.2) is 4.98 Å². The van der Waals surface area contributed by atoms with Crippen LogP contribution in [0.15, 0.2) is 47.1 Å². The largest absolute Gasteiger partial charge is 0.542 e. The van der Waals surface area contributed by atoms with Crippen LogP contribution in [0.3, 0.4) is 0 Å². The smallest absolute Gasteiger partial charge is 0.430 e. The maximum absolute atomic E-state index is 12.8. The van der Waals surface area contributed by atoms with E-state index < -0.39 is 12.1 Å². The molecule has 0 bridgehead atoms. The Morgan fingerprint density at radius 1 is 1.14 bits per heavy atom. The van der Waals surface area contributed by atoms with Crippen LogP contribution in [0.4, 0.5) is 13.2 Å². The number of amides is 1. The van der Waals surface area contributed by atoms with Gasteiger partial charge < -0.3 is 25.9 Å². The van der Waals surface area contributed by atoms with Gasteiger partial charge in [0.15, 0.2) is 0 Å². The maximum atomic E-state index is 12.8. The van der Waals surface area contributed by atoms with E-state index in [1.165, 1.54) is 0 Å².